The Morgan fingerprint density at radius 3 is 2.72 bits per heavy atom. The van der Waals surface area contributed by atoms with Crippen molar-refractivity contribution in [2.24, 2.45) is 5.92 Å². The quantitative estimate of drug-likeness (QED) is 0.697. The van der Waals surface area contributed by atoms with Gasteiger partial charge in [-0.25, -0.2) is 0 Å². The van der Waals surface area contributed by atoms with E-state index in [4.69, 9.17) is 0 Å². The Bertz CT molecular complexity index is 292. The number of nitrogens with one attached hydrogen (secondary N) is 2. The predicted molar refractivity (Wildman–Crippen MR) is 73.3 cm³/mol. The molecule has 0 aromatic carbocycles. The van der Waals surface area contributed by atoms with Crippen LogP contribution in [0, 0.1) is 5.92 Å². The van der Waals surface area contributed by atoms with Crippen LogP contribution < -0.4 is 10.6 Å². The monoisotopic (exact) mass is 256 g/mol. The lowest BCUT2D eigenvalue weighted by atomic mass is 9.79. The maximum Gasteiger partial charge on any atom is 0.239 e. The van der Waals surface area contributed by atoms with Gasteiger partial charge in [0.1, 0.15) is 0 Å². The number of carbonyl (C=O) groups is 1. The molecule has 1 aliphatic rings. The van der Waals surface area contributed by atoms with Gasteiger partial charge in [-0.3, -0.25) is 4.79 Å². The topological polar surface area (TPSA) is 61.4 Å². The Kier molecular flexibility index (Phi) is 5.17. The number of hydrogen-bond acceptors (Lipinski definition) is 3. The summed E-state index contributed by atoms with van der Waals surface area (Å²) >= 11 is 0. The van der Waals surface area contributed by atoms with E-state index >= 15 is 0 Å². The summed E-state index contributed by atoms with van der Waals surface area (Å²) in [6.45, 7) is 8.98. The van der Waals surface area contributed by atoms with E-state index in [2.05, 4.69) is 17.6 Å². The minimum absolute atomic E-state index is 0.0454. The van der Waals surface area contributed by atoms with Crippen molar-refractivity contribution >= 4 is 5.91 Å². The average Bonchev–Trinajstić information content (AvgIpc) is 2.25. The van der Waals surface area contributed by atoms with Crippen molar-refractivity contribution in [3.05, 3.63) is 0 Å². The SMILES string of the molecule is CCNC(C)(C)C(=O)NCC1(O)CCCC(C)C1. The number of likely N-dealkylation sites (N-methyl/N-ethyl adjacent to an activating group) is 1. The molecule has 1 aliphatic carbocycles. The molecule has 3 N–H and O–H groups in total. The zero-order valence-electron chi connectivity index (χ0n) is 12.2. The molecule has 2 atom stereocenters. The largest absolute Gasteiger partial charge is 0.388 e. The van der Waals surface area contributed by atoms with Crippen molar-refractivity contribution in [3.8, 4) is 0 Å². The summed E-state index contributed by atoms with van der Waals surface area (Å²) in [6.07, 6.45) is 3.80. The van der Waals surface area contributed by atoms with E-state index < -0.39 is 11.1 Å². The van der Waals surface area contributed by atoms with Crippen LogP contribution in [0.3, 0.4) is 0 Å². The number of carbonyl (C=O) groups excluding carboxylic acids is 1. The molecule has 4 nitrogen and oxygen atoms in total. The Balaban J connectivity index is 2.46. The van der Waals surface area contributed by atoms with Gasteiger partial charge in [-0.1, -0.05) is 26.7 Å². The average molecular weight is 256 g/mol. The summed E-state index contributed by atoms with van der Waals surface area (Å²) in [4.78, 5) is 12.0. The predicted octanol–water partition coefficient (Wildman–Crippen LogP) is 1.43. The smallest absolute Gasteiger partial charge is 0.239 e. The first-order valence-corrected chi connectivity index (χ1v) is 7.05. The summed E-state index contributed by atoms with van der Waals surface area (Å²) in [5, 5.41) is 16.5. The van der Waals surface area contributed by atoms with Crippen molar-refractivity contribution in [1.82, 2.24) is 10.6 Å². The third-order valence-corrected chi connectivity index (χ3v) is 3.83. The summed E-state index contributed by atoms with van der Waals surface area (Å²) < 4.78 is 0. The molecule has 0 saturated heterocycles. The zero-order valence-corrected chi connectivity index (χ0v) is 12.2. The maximum absolute atomic E-state index is 12.0. The Morgan fingerprint density at radius 2 is 2.17 bits per heavy atom. The molecule has 1 fully saturated rings. The van der Waals surface area contributed by atoms with Crippen LogP contribution in [-0.2, 0) is 4.79 Å². The van der Waals surface area contributed by atoms with Gasteiger partial charge in [0.15, 0.2) is 0 Å². The highest BCUT2D eigenvalue weighted by atomic mass is 16.3. The van der Waals surface area contributed by atoms with Crippen molar-refractivity contribution < 1.29 is 9.90 Å². The van der Waals surface area contributed by atoms with Crippen molar-refractivity contribution in [3.63, 3.8) is 0 Å². The number of amides is 1. The molecule has 0 radical (unpaired) electrons. The highest BCUT2D eigenvalue weighted by Gasteiger charge is 2.34. The van der Waals surface area contributed by atoms with Crippen LogP contribution in [0.1, 0.15) is 53.4 Å². The van der Waals surface area contributed by atoms with E-state index in [1.165, 1.54) is 6.42 Å². The molecule has 1 rings (SSSR count). The summed E-state index contributed by atoms with van der Waals surface area (Å²) in [5.41, 5.74) is -1.29. The minimum atomic E-state index is -0.713. The molecule has 106 valence electrons. The van der Waals surface area contributed by atoms with Gasteiger partial charge < -0.3 is 15.7 Å². The van der Waals surface area contributed by atoms with Crippen LogP contribution in [0.5, 0.6) is 0 Å². The first-order chi connectivity index (χ1) is 8.29. The van der Waals surface area contributed by atoms with Crippen LogP contribution in [0.4, 0.5) is 0 Å². The third-order valence-electron chi connectivity index (χ3n) is 3.83. The lowest BCUT2D eigenvalue weighted by Gasteiger charge is -2.36. The van der Waals surface area contributed by atoms with Gasteiger partial charge in [-0.2, -0.15) is 0 Å². The van der Waals surface area contributed by atoms with E-state index in [1.54, 1.807) is 0 Å². The fraction of sp³-hybridized carbons (Fsp3) is 0.929. The molecular weight excluding hydrogens is 228 g/mol. The highest BCUT2D eigenvalue weighted by Crippen LogP contribution is 2.31. The van der Waals surface area contributed by atoms with Gasteiger partial charge in [0.05, 0.1) is 11.1 Å². The third kappa shape index (κ3) is 4.25. The molecule has 0 heterocycles. The standard InChI is InChI=1S/C14H28N2O2/c1-5-16-13(3,4)12(17)15-10-14(18)8-6-7-11(2)9-14/h11,16,18H,5-10H2,1-4H3,(H,15,17). The lowest BCUT2D eigenvalue weighted by molar-refractivity contribution is -0.128. The first-order valence-electron chi connectivity index (χ1n) is 7.05. The molecule has 1 saturated carbocycles. The fourth-order valence-corrected chi connectivity index (χ4v) is 2.78. The van der Waals surface area contributed by atoms with Gasteiger partial charge in [0.25, 0.3) is 0 Å². The molecule has 2 unspecified atom stereocenters. The second-order valence-corrected chi connectivity index (χ2v) is 6.26. The van der Waals surface area contributed by atoms with Crippen LogP contribution in [0.2, 0.25) is 0 Å². The van der Waals surface area contributed by atoms with Gasteiger partial charge in [0.2, 0.25) is 5.91 Å². The Morgan fingerprint density at radius 1 is 1.50 bits per heavy atom. The van der Waals surface area contributed by atoms with E-state index in [9.17, 15) is 9.90 Å². The second kappa shape index (κ2) is 6.02. The normalized spacial score (nSPS) is 29.1. The minimum Gasteiger partial charge on any atom is -0.388 e. The van der Waals surface area contributed by atoms with Crippen molar-refractivity contribution in [1.29, 1.82) is 0 Å². The molecular formula is C14H28N2O2. The van der Waals surface area contributed by atoms with Crippen LogP contribution in [-0.4, -0.2) is 35.2 Å². The van der Waals surface area contributed by atoms with Crippen molar-refractivity contribution in [2.75, 3.05) is 13.1 Å². The van der Waals surface area contributed by atoms with Crippen molar-refractivity contribution in [2.45, 2.75) is 64.5 Å². The van der Waals surface area contributed by atoms with E-state index in [-0.39, 0.29) is 5.91 Å². The Hall–Kier alpha value is -0.610. The number of rotatable bonds is 5. The second-order valence-electron chi connectivity index (χ2n) is 6.26. The van der Waals surface area contributed by atoms with Crippen LogP contribution in [0.15, 0.2) is 0 Å². The first kappa shape index (κ1) is 15.4. The molecule has 0 aromatic heterocycles. The summed E-state index contributed by atoms with van der Waals surface area (Å²) in [5.74, 6) is 0.499. The van der Waals surface area contributed by atoms with Gasteiger partial charge >= 0.3 is 0 Å². The molecule has 0 bridgehead atoms. The highest BCUT2D eigenvalue weighted by molar-refractivity contribution is 5.85. The van der Waals surface area contributed by atoms with Gasteiger partial charge in [-0.15, -0.1) is 0 Å². The number of aliphatic hydroxyl groups is 1. The van der Waals surface area contributed by atoms with E-state index in [1.807, 2.05) is 20.8 Å². The zero-order chi connectivity index (χ0) is 13.8. The van der Waals surface area contributed by atoms with Gasteiger partial charge in [-0.05, 0) is 39.2 Å². The molecule has 0 spiro atoms. The molecule has 1 amide bonds. The van der Waals surface area contributed by atoms with E-state index in [0.29, 0.717) is 12.5 Å². The molecule has 0 aliphatic heterocycles. The summed E-state index contributed by atoms with van der Waals surface area (Å²) in [7, 11) is 0. The molecule has 4 heteroatoms. The molecule has 0 aromatic rings. The van der Waals surface area contributed by atoms with Crippen LogP contribution in [0.25, 0.3) is 0 Å². The maximum atomic E-state index is 12.0. The Labute approximate surface area is 111 Å². The summed E-state index contributed by atoms with van der Waals surface area (Å²) in [6, 6.07) is 0. The lowest BCUT2D eigenvalue weighted by Crippen LogP contribution is -2.56. The van der Waals surface area contributed by atoms with Gasteiger partial charge in [0, 0.05) is 6.54 Å². The fourth-order valence-electron chi connectivity index (χ4n) is 2.78. The molecule has 18 heavy (non-hydrogen) atoms. The van der Waals surface area contributed by atoms with Crippen LogP contribution >= 0.6 is 0 Å². The van der Waals surface area contributed by atoms with E-state index in [0.717, 1.165) is 25.8 Å². The number of hydrogen-bond donors (Lipinski definition) is 3.